The van der Waals surface area contributed by atoms with E-state index in [1.54, 1.807) is 0 Å². The van der Waals surface area contributed by atoms with Crippen molar-refractivity contribution in [3.05, 3.63) is 21.9 Å². The molecule has 1 saturated heterocycles. The van der Waals surface area contributed by atoms with Crippen LogP contribution in [0.15, 0.2) is 12.1 Å². The Morgan fingerprint density at radius 2 is 2.24 bits per heavy atom. The zero-order chi connectivity index (χ0) is 15.1. The third-order valence-corrected chi connectivity index (χ3v) is 4.61. The number of nitrogens with two attached hydrogens (primary N) is 1. The van der Waals surface area contributed by atoms with Gasteiger partial charge in [0.15, 0.2) is 0 Å². The van der Waals surface area contributed by atoms with E-state index >= 15 is 0 Å². The lowest BCUT2D eigenvalue weighted by atomic mass is 10.0. The number of thiophene rings is 1. The molecule has 0 saturated carbocycles. The summed E-state index contributed by atoms with van der Waals surface area (Å²) in [6.45, 7) is 5.87. The molecular weight excluding hydrogens is 282 g/mol. The summed E-state index contributed by atoms with van der Waals surface area (Å²) in [5, 5.41) is 3.14. The average Bonchev–Trinajstić information content (AvgIpc) is 2.96. The van der Waals surface area contributed by atoms with Gasteiger partial charge < -0.3 is 16.0 Å². The summed E-state index contributed by atoms with van der Waals surface area (Å²) in [6, 6.07) is 4.02. The Balaban J connectivity index is 1.83. The van der Waals surface area contributed by atoms with E-state index in [1.807, 2.05) is 12.1 Å². The van der Waals surface area contributed by atoms with Gasteiger partial charge in [0.25, 0.3) is 5.91 Å². The third-order valence-electron chi connectivity index (χ3n) is 3.61. The van der Waals surface area contributed by atoms with Crippen molar-refractivity contribution < 1.29 is 4.79 Å². The molecule has 5 heteroatoms. The van der Waals surface area contributed by atoms with Gasteiger partial charge in [-0.05, 0) is 37.9 Å². The molecule has 21 heavy (non-hydrogen) atoms. The molecule has 0 unspecified atom stereocenters. The van der Waals surface area contributed by atoms with E-state index in [4.69, 9.17) is 5.73 Å². The fourth-order valence-electron chi connectivity index (χ4n) is 2.54. The minimum Gasteiger partial charge on any atom is -0.349 e. The smallest absolute Gasteiger partial charge is 0.261 e. The average molecular weight is 305 g/mol. The van der Waals surface area contributed by atoms with Gasteiger partial charge in [0.2, 0.25) is 0 Å². The highest BCUT2D eigenvalue weighted by Gasteiger charge is 2.21. The van der Waals surface area contributed by atoms with Gasteiger partial charge >= 0.3 is 0 Å². The maximum atomic E-state index is 12.2. The molecule has 2 heterocycles. The van der Waals surface area contributed by atoms with Crippen molar-refractivity contribution in [2.24, 2.45) is 5.73 Å². The van der Waals surface area contributed by atoms with Crippen LogP contribution in [0.3, 0.4) is 0 Å². The van der Waals surface area contributed by atoms with Crippen LogP contribution >= 0.6 is 11.3 Å². The van der Waals surface area contributed by atoms with Crippen LogP contribution < -0.4 is 11.1 Å². The van der Waals surface area contributed by atoms with E-state index in [-0.39, 0.29) is 5.91 Å². The van der Waals surface area contributed by atoms with Gasteiger partial charge in [0, 0.05) is 19.1 Å². The summed E-state index contributed by atoms with van der Waals surface area (Å²) in [5.41, 5.74) is 5.35. The Kier molecular flexibility index (Phi) is 6.24. The highest BCUT2D eigenvalue weighted by Crippen LogP contribution is 2.17. The fraction of sp³-hybridized carbons (Fsp3) is 0.562. The van der Waals surface area contributed by atoms with Crippen molar-refractivity contribution in [2.75, 3.05) is 26.2 Å². The lowest BCUT2D eigenvalue weighted by Crippen LogP contribution is -2.44. The van der Waals surface area contributed by atoms with Crippen LogP contribution in [-0.2, 0) is 0 Å². The molecule has 0 bridgehead atoms. The van der Waals surface area contributed by atoms with Gasteiger partial charge in [-0.25, -0.2) is 0 Å². The second-order valence-corrected chi connectivity index (χ2v) is 6.34. The summed E-state index contributed by atoms with van der Waals surface area (Å²) in [4.78, 5) is 16.3. The minimum absolute atomic E-state index is 0.0229. The number of amides is 1. The summed E-state index contributed by atoms with van der Waals surface area (Å²) < 4.78 is 0. The van der Waals surface area contributed by atoms with Crippen molar-refractivity contribution in [3.63, 3.8) is 0 Å². The SMILES string of the molecule is CCCN1CCC(NC(=O)c2ccc(C#CCN)s2)CC1. The van der Waals surface area contributed by atoms with E-state index in [0.717, 1.165) is 42.2 Å². The van der Waals surface area contributed by atoms with Gasteiger partial charge in [-0.15, -0.1) is 11.3 Å². The number of nitrogens with one attached hydrogen (secondary N) is 1. The Morgan fingerprint density at radius 1 is 1.48 bits per heavy atom. The molecule has 2 rings (SSSR count). The van der Waals surface area contributed by atoms with Crippen LogP contribution in [0.25, 0.3) is 0 Å². The monoisotopic (exact) mass is 305 g/mol. The lowest BCUT2D eigenvalue weighted by Gasteiger charge is -2.31. The standard InChI is InChI=1S/C16H23N3OS/c1-2-10-19-11-7-13(8-12-19)18-16(20)15-6-5-14(21-15)4-3-9-17/h5-6,13H,2,7-12,17H2,1H3,(H,18,20). The van der Waals surface area contributed by atoms with Crippen molar-refractivity contribution in [3.8, 4) is 11.8 Å². The maximum Gasteiger partial charge on any atom is 0.261 e. The number of nitrogens with zero attached hydrogens (tertiary/aromatic N) is 1. The number of carbonyl (C=O) groups is 1. The van der Waals surface area contributed by atoms with Crippen molar-refractivity contribution in [1.29, 1.82) is 0 Å². The Morgan fingerprint density at radius 3 is 2.90 bits per heavy atom. The van der Waals surface area contributed by atoms with Crippen LogP contribution in [0.1, 0.15) is 40.7 Å². The topological polar surface area (TPSA) is 58.4 Å². The zero-order valence-corrected chi connectivity index (χ0v) is 13.3. The largest absolute Gasteiger partial charge is 0.349 e. The summed E-state index contributed by atoms with van der Waals surface area (Å²) in [7, 11) is 0. The van der Waals surface area contributed by atoms with E-state index in [2.05, 4.69) is 29.0 Å². The maximum absolute atomic E-state index is 12.2. The Labute approximate surface area is 130 Å². The second-order valence-electron chi connectivity index (χ2n) is 5.26. The predicted octanol–water partition coefficient (Wildman–Crippen LogP) is 1.66. The molecule has 3 N–H and O–H groups in total. The number of carbonyl (C=O) groups excluding carboxylic acids is 1. The molecule has 0 atom stereocenters. The molecule has 1 aromatic rings. The van der Waals surface area contributed by atoms with Crippen LogP contribution in [0.2, 0.25) is 0 Å². The summed E-state index contributed by atoms with van der Waals surface area (Å²) in [6.07, 6.45) is 3.27. The first-order valence-corrected chi connectivity index (χ1v) is 8.36. The normalized spacial score (nSPS) is 16.3. The van der Waals surface area contributed by atoms with E-state index in [9.17, 15) is 4.79 Å². The van der Waals surface area contributed by atoms with Crippen molar-refractivity contribution in [2.45, 2.75) is 32.2 Å². The molecule has 0 aliphatic carbocycles. The number of hydrogen-bond acceptors (Lipinski definition) is 4. The van der Waals surface area contributed by atoms with Gasteiger partial charge in [0.1, 0.15) is 0 Å². The molecule has 0 radical (unpaired) electrons. The number of piperidine rings is 1. The predicted molar refractivity (Wildman–Crippen MR) is 87.5 cm³/mol. The molecule has 0 aromatic carbocycles. The third kappa shape index (κ3) is 4.85. The quantitative estimate of drug-likeness (QED) is 0.832. The van der Waals surface area contributed by atoms with E-state index < -0.39 is 0 Å². The minimum atomic E-state index is 0.0229. The second kappa shape index (κ2) is 8.18. The van der Waals surface area contributed by atoms with Crippen LogP contribution in [0.5, 0.6) is 0 Å². The highest BCUT2D eigenvalue weighted by atomic mass is 32.1. The number of likely N-dealkylation sites (tertiary alicyclic amines) is 1. The molecule has 1 amide bonds. The fourth-order valence-corrected chi connectivity index (χ4v) is 3.32. The highest BCUT2D eigenvalue weighted by molar-refractivity contribution is 7.14. The zero-order valence-electron chi connectivity index (χ0n) is 12.5. The van der Waals surface area contributed by atoms with Crippen molar-refractivity contribution in [1.82, 2.24) is 10.2 Å². The van der Waals surface area contributed by atoms with Crippen LogP contribution in [0.4, 0.5) is 0 Å². The molecule has 114 valence electrons. The number of rotatable bonds is 4. The number of hydrogen-bond donors (Lipinski definition) is 2. The van der Waals surface area contributed by atoms with E-state index in [0.29, 0.717) is 12.6 Å². The van der Waals surface area contributed by atoms with Crippen LogP contribution in [-0.4, -0.2) is 43.0 Å². The first-order chi connectivity index (χ1) is 10.2. The van der Waals surface area contributed by atoms with Crippen LogP contribution in [0, 0.1) is 11.8 Å². The summed E-state index contributed by atoms with van der Waals surface area (Å²) in [5.74, 6) is 5.79. The molecule has 4 nitrogen and oxygen atoms in total. The molecule has 1 aromatic heterocycles. The molecule has 1 aliphatic heterocycles. The Hall–Kier alpha value is -1.35. The molecular formula is C16H23N3OS. The van der Waals surface area contributed by atoms with Gasteiger partial charge in [-0.3, -0.25) is 4.79 Å². The van der Waals surface area contributed by atoms with Gasteiger partial charge in [-0.1, -0.05) is 18.8 Å². The first-order valence-electron chi connectivity index (χ1n) is 7.55. The molecule has 1 aliphatic rings. The van der Waals surface area contributed by atoms with E-state index in [1.165, 1.54) is 17.8 Å². The van der Waals surface area contributed by atoms with Crippen molar-refractivity contribution >= 4 is 17.2 Å². The lowest BCUT2D eigenvalue weighted by molar-refractivity contribution is 0.0915. The molecule has 0 spiro atoms. The summed E-state index contributed by atoms with van der Waals surface area (Å²) >= 11 is 1.43. The van der Waals surface area contributed by atoms with Gasteiger partial charge in [-0.2, -0.15) is 0 Å². The first kappa shape index (κ1) is 16.0. The Bertz CT molecular complexity index is 521. The molecule has 1 fully saturated rings. The van der Waals surface area contributed by atoms with Gasteiger partial charge in [0.05, 0.1) is 16.3 Å².